The van der Waals surface area contributed by atoms with E-state index in [1.807, 2.05) is 6.92 Å². The molecule has 0 aliphatic carbocycles. The zero-order valence-electron chi connectivity index (χ0n) is 10.2. The molecular formula is C11H21N3O3. The second kappa shape index (κ2) is 6.56. The van der Waals surface area contributed by atoms with Gasteiger partial charge < -0.3 is 21.1 Å². The van der Waals surface area contributed by atoms with Crippen LogP contribution >= 0.6 is 0 Å². The number of amides is 2. The van der Waals surface area contributed by atoms with Crippen LogP contribution < -0.4 is 11.5 Å². The number of rotatable bonds is 5. The lowest BCUT2D eigenvalue weighted by molar-refractivity contribution is -0.141. The third-order valence-electron chi connectivity index (χ3n) is 3.09. The molecule has 6 heteroatoms. The van der Waals surface area contributed by atoms with Crippen LogP contribution in [0.25, 0.3) is 0 Å². The highest BCUT2D eigenvalue weighted by Gasteiger charge is 2.31. The first-order valence-electron chi connectivity index (χ1n) is 5.92. The Balaban J connectivity index is 2.48. The molecule has 0 bridgehead atoms. The highest BCUT2D eigenvalue weighted by atomic mass is 16.5. The van der Waals surface area contributed by atoms with Gasteiger partial charge in [-0.05, 0) is 19.8 Å². The quantitative estimate of drug-likeness (QED) is 0.610. The fourth-order valence-electron chi connectivity index (χ4n) is 2.01. The van der Waals surface area contributed by atoms with Gasteiger partial charge in [-0.25, -0.2) is 0 Å². The van der Waals surface area contributed by atoms with Gasteiger partial charge in [0.15, 0.2) is 0 Å². The highest BCUT2D eigenvalue weighted by Crippen LogP contribution is 2.21. The number of ether oxygens (including phenoxy) is 1. The van der Waals surface area contributed by atoms with Crippen LogP contribution in [0.5, 0.6) is 0 Å². The average Bonchev–Trinajstić information content (AvgIpc) is 2.29. The van der Waals surface area contributed by atoms with Gasteiger partial charge in [-0.1, -0.05) is 0 Å². The van der Waals surface area contributed by atoms with Crippen molar-refractivity contribution >= 4 is 11.8 Å². The highest BCUT2D eigenvalue weighted by molar-refractivity contribution is 5.81. The zero-order chi connectivity index (χ0) is 12.8. The lowest BCUT2D eigenvalue weighted by Crippen LogP contribution is -2.49. The number of nitrogens with two attached hydrogens (primary N) is 2. The predicted octanol–water partition coefficient (Wildman–Crippen LogP) is -0.926. The number of nitrogens with zero attached hydrogens (tertiary/aromatic N) is 1. The van der Waals surface area contributed by atoms with Crippen LogP contribution in [0, 0.1) is 5.92 Å². The number of piperidine rings is 1. The Kier molecular flexibility index (Phi) is 5.37. The van der Waals surface area contributed by atoms with Gasteiger partial charge >= 0.3 is 0 Å². The van der Waals surface area contributed by atoms with Crippen LogP contribution in [0.4, 0.5) is 0 Å². The Bertz CT molecular complexity index is 283. The molecule has 1 aliphatic rings. The second-order valence-electron chi connectivity index (χ2n) is 4.41. The molecule has 1 rings (SSSR count). The summed E-state index contributed by atoms with van der Waals surface area (Å²) in [5.74, 6) is -0.667. The maximum Gasteiger partial charge on any atom is 0.248 e. The molecule has 2 unspecified atom stereocenters. The van der Waals surface area contributed by atoms with Crippen molar-refractivity contribution < 1.29 is 14.3 Å². The minimum absolute atomic E-state index is 0.0209. The van der Waals surface area contributed by atoms with E-state index in [2.05, 4.69) is 0 Å². The normalized spacial score (nSPS) is 24.7. The van der Waals surface area contributed by atoms with Crippen molar-refractivity contribution in [2.75, 3.05) is 26.3 Å². The monoisotopic (exact) mass is 243 g/mol. The van der Waals surface area contributed by atoms with Crippen LogP contribution in [-0.4, -0.2) is 49.1 Å². The molecule has 0 radical (unpaired) electrons. The maximum absolute atomic E-state index is 11.9. The maximum atomic E-state index is 11.9. The smallest absolute Gasteiger partial charge is 0.248 e. The Morgan fingerprint density at radius 2 is 2.12 bits per heavy atom. The zero-order valence-corrected chi connectivity index (χ0v) is 10.2. The molecule has 1 heterocycles. The molecule has 1 saturated heterocycles. The van der Waals surface area contributed by atoms with Gasteiger partial charge in [-0.2, -0.15) is 0 Å². The van der Waals surface area contributed by atoms with Crippen LogP contribution in [-0.2, 0) is 14.3 Å². The largest absolute Gasteiger partial charge is 0.370 e. The Labute approximate surface area is 101 Å². The van der Waals surface area contributed by atoms with Gasteiger partial charge in [0.25, 0.3) is 0 Å². The number of hydrogen-bond donors (Lipinski definition) is 2. The Morgan fingerprint density at radius 1 is 1.41 bits per heavy atom. The molecular weight excluding hydrogens is 222 g/mol. The van der Waals surface area contributed by atoms with E-state index in [-0.39, 0.29) is 30.4 Å². The minimum Gasteiger partial charge on any atom is -0.370 e. The minimum atomic E-state index is -0.336. The molecule has 0 aromatic heterocycles. The number of carbonyl (C=O) groups excluding carboxylic acids is 2. The predicted molar refractivity (Wildman–Crippen MR) is 63.0 cm³/mol. The summed E-state index contributed by atoms with van der Waals surface area (Å²) >= 11 is 0. The summed E-state index contributed by atoms with van der Waals surface area (Å²) in [7, 11) is 0. The molecule has 98 valence electrons. The summed E-state index contributed by atoms with van der Waals surface area (Å²) in [6, 6.07) is 0.138. The SMILES string of the molecule is CC1CCC(C(N)=O)CN1C(=O)COCCN. The molecule has 2 amide bonds. The molecule has 1 aliphatic heterocycles. The molecule has 0 aromatic rings. The molecule has 17 heavy (non-hydrogen) atoms. The van der Waals surface area contributed by atoms with E-state index in [9.17, 15) is 9.59 Å². The van der Waals surface area contributed by atoms with Gasteiger partial charge in [0, 0.05) is 19.1 Å². The van der Waals surface area contributed by atoms with E-state index < -0.39 is 0 Å². The molecule has 4 N–H and O–H groups in total. The van der Waals surface area contributed by atoms with Crippen LogP contribution in [0.3, 0.4) is 0 Å². The third-order valence-corrected chi connectivity index (χ3v) is 3.09. The molecule has 6 nitrogen and oxygen atoms in total. The summed E-state index contributed by atoms with van der Waals surface area (Å²) in [6.07, 6.45) is 1.56. The fraction of sp³-hybridized carbons (Fsp3) is 0.818. The van der Waals surface area contributed by atoms with E-state index >= 15 is 0 Å². The number of likely N-dealkylation sites (tertiary alicyclic amines) is 1. The Morgan fingerprint density at radius 3 is 2.71 bits per heavy atom. The van der Waals surface area contributed by atoms with E-state index in [4.69, 9.17) is 16.2 Å². The third kappa shape index (κ3) is 3.98. The molecule has 1 fully saturated rings. The molecule has 0 saturated carbocycles. The van der Waals surface area contributed by atoms with Crippen molar-refractivity contribution in [3.8, 4) is 0 Å². The summed E-state index contributed by atoms with van der Waals surface area (Å²) in [4.78, 5) is 24.7. The standard InChI is InChI=1S/C11H21N3O3/c1-8-2-3-9(11(13)16)6-14(8)10(15)7-17-5-4-12/h8-9H,2-7,12H2,1H3,(H2,13,16). The van der Waals surface area contributed by atoms with Crippen LogP contribution in [0.2, 0.25) is 0 Å². The lowest BCUT2D eigenvalue weighted by Gasteiger charge is -2.36. The topological polar surface area (TPSA) is 98.7 Å². The van der Waals surface area contributed by atoms with Gasteiger partial charge in [-0.3, -0.25) is 9.59 Å². The van der Waals surface area contributed by atoms with Crippen LogP contribution in [0.1, 0.15) is 19.8 Å². The first-order valence-corrected chi connectivity index (χ1v) is 5.92. The van der Waals surface area contributed by atoms with Crippen molar-refractivity contribution in [3.63, 3.8) is 0 Å². The molecule has 0 aromatic carbocycles. The van der Waals surface area contributed by atoms with Gasteiger partial charge in [0.05, 0.1) is 12.5 Å². The number of carbonyl (C=O) groups is 2. The Hall–Kier alpha value is -1.14. The van der Waals surface area contributed by atoms with Crippen molar-refractivity contribution in [1.29, 1.82) is 0 Å². The van der Waals surface area contributed by atoms with Gasteiger partial charge in [0.2, 0.25) is 11.8 Å². The summed E-state index contributed by atoms with van der Waals surface area (Å²) in [5.41, 5.74) is 10.5. The fourth-order valence-corrected chi connectivity index (χ4v) is 2.01. The first-order chi connectivity index (χ1) is 8.06. The molecule has 0 spiro atoms. The summed E-state index contributed by atoms with van der Waals surface area (Å²) in [5, 5.41) is 0. The molecule has 2 atom stereocenters. The van der Waals surface area contributed by atoms with E-state index in [0.29, 0.717) is 19.7 Å². The van der Waals surface area contributed by atoms with Gasteiger partial charge in [0.1, 0.15) is 6.61 Å². The van der Waals surface area contributed by atoms with Crippen molar-refractivity contribution in [3.05, 3.63) is 0 Å². The van der Waals surface area contributed by atoms with Crippen molar-refractivity contribution in [1.82, 2.24) is 4.90 Å². The summed E-state index contributed by atoms with van der Waals surface area (Å²) < 4.78 is 5.11. The van der Waals surface area contributed by atoms with E-state index in [1.165, 1.54) is 0 Å². The second-order valence-corrected chi connectivity index (χ2v) is 4.41. The van der Waals surface area contributed by atoms with Crippen molar-refractivity contribution in [2.45, 2.75) is 25.8 Å². The lowest BCUT2D eigenvalue weighted by atomic mass is 9.93. The first kappa shape index (κ1) is 13.9. The number of hydrogen-bond acceptors (Lipinski definition) is 4. The number of primary amides is 1. The van der Waals surface area contributed by atoms with Crippen LogP contribution in [0.15, 0.2) is 0 Å². The summed E-state index contributed by atoms with van der Waals surface area (Å²) in [6.45, 7) is 3.16. The van der Waals surface area contributed by atoms with E-state index in [0.717, 1.165) is 12.8 Å². The van der Waals surface area contributed by atoms with Crippen molar-refractivity contribution in [2.24, 2.45) is 17.4 Å². The average molecular weight is 243 g/mol. The van der Waals surface area contributed by atoms with Gasteiger partial charge in [-0.15, -0.1) is 0 Å². The van der Waals surface area contributed by atoms with E-state index in [1.54, 1.807) is 4.90 Å².